The minimum absolute atomic E-state index is 0.0293. The molecular formula is C22H34O4. The second-order valence-corrected chi connectivity index (χ2v) is 8.85. The van der Waals surface area contributed by atoms with E-state index in [9.17, 15) is 4.79 Å². The van der Waals surface area contributed by atoms with Crippen molar-refractivity contribution in [3.8, 4) is 0 Å². The number of hydrogen-bond acceptors (Lipinski definition) is 4. The summed E-state index contributed by atoms with van der Waals surface area (Å²) in [5.74, 6) is -0.0620. The molecule has 3 rings (SSSR count). The van der Waals surface area contributed by atoms with Crippen LogP contribution in [0.2, 0.25) is 0 Å². The minimum atomic E-state index is -0.231. The molecule has 0 aromatic rings. The summed E-state index contributed by atoms with van der Waals surface area (Å²) in [4.78, 5) is 11.8. The largest absolute Gasteiger partial charge is 0.459 e. The van der Waals surface area contributed by atoms with Crippen LogP contribution < -0.4 is 0 Å². The van der Waals surface area contributed by atoms with Crippen LogP contribution >= 0.6 is 0 Å². The van der Waals surface area contributed by atoms with Crippen molar-refractivity contribution in [1.29, 1.82) is 0 Å². The summed E-state index contributed by atoms with van der Waals surface area (Å²) < 4.78 is 17.7. The Kier molecular flexibility index (Phi) is 5.64. The van der Waals surface area contributed by atoms with Gasteiger partial charge in [-0.3, -0.25) is 4.79 Å². The third-order valence-electron chi connectivity index (χ3n) is 6.34. The lowest BCUT2D eigenvalue weighted by Crippen LogP contribution is -2.41. The van der Waals surface area contributed by atoms with Gasteiger partial charge in [0.2, 0.25) is 0 Å². The Hall–Kier alpha value is -1.13. The van der Waals surface area contributed by atoms with Crippen LogP contribution in [0.15, 0.2) is 23.3 Å². The average Bonchev–Trinajstić information content (AvgIpc) is 3.44. The Labute approximate surface area is 158 Å². The molecule has 4 heteroatoms. The van der Waals surface area contributed by atoms with E-state index in [4.69, 9.17) is 14.2 Å². The Balaban J connectivity index is 1.84. The Morgan fingerprint density at radius 3 is 2.42 bits per heavy atom. The van der Waals surface area contributed by atoms with Gasteiger partial charge in [0.05, 0.1) is 17.8 Å². The first-order chi connectivity index (χ1) is 12.2. The molecule has 5 unspecified atom stereocenters. The highest BCUT2D eigenvalue weighted by Crippen LogP contribution is 2.50. The molecule has 0 bridgehead atoms. The molecule has 0 aromatic carbocycles. The van der Waals surface area contributed by atoms with E-state index in [1.807, 2.05) is 0 Å². The van der Waals surface area contributed by atoms with Gasteiger partial charge in [0, 0.05) is 12.8 Å². The molecule has 146 valence electrons. The summed E-state index contributed by atoms with van der Waals surface area (Å²) in [5, 5.41) is 0. The SMILES string of the molecule is CC(=O)OC1C(C2(C)CO2)CC/C(C)=C/CC/C(C)=C\CCC2(C)OC12. The van der Waals surface area contributed by atoms with Gasteiger partial charge in [-0.2, -0.15) is 0 Å². The zero-order valence-corrected chi connectivity index (χ0v) is 17.0. The fourth-order valence-corrected chi connectivity index (χ4v) is 4.30. The standard InChI is InChI=1S/C22H34O4/c1-15-8-6-9-16(2)11-12-18(22(5)14-24-22)19(25-17(3)23)20-21(4,26-20)13-7-10-15/h9-10,18-20H,6-8,11-14H2,1-5H3/b15-10-,16-9+. The smallest absolute Gasteiger partial charge is 0.303 e. The number of epoxide rings is 2. The van der Waals surface area contributed by atoms with Crippen molar-refractivity contribution in [3.63, 3.8) is 0 Å². The van der Waals surface area contributed by atoms with E-state index in [1.165, 1.54) is 18.1 Å². The van der Waals surface area contributed by atoms with Crippen LogP contribution in [0, 0.1) is 5.92 Å². The predicted octanol–water partition coefficient (Wildman–Crippen LogP) is 4.73. The molecule has 0 saturated carbocycles. The van der Waals surface area contributed by atoms with Crippen LogP contribution in [0.25, 0.3) is 0 Å². The maximum atomic E-state index is 11.8. The molecule has 2 heterocycles. The van der Waals surface area contributed by atoms with Crippen LogP contribution in [-0.2, 0) is 19.0 Å². The number of esters is 1. The quantitative estimate of drug-likeness (QED) is 0.405. The monoisotopic (exact) mass is 362 g/mol. The highest BCUT2D eigenvalue weighted by molar-refractivity contribution is 5.66. The molecule has 2 fully saturated rings. The molecule has 0 amide bonds. The molecule has 2 saturated heterocycles. The summed E-state index contributed by atoms with van der Waals surface area (Å²) in [5.41, 5.74) is 2.46. The number of hydrogen-bond donors (Lipinski definition) is 0. The lowest BCUT2D eigenvalue weighted by atomic mass is 9.80. The van der Waals surface area contributed by atoms with Gasteiger partial charge in [0.25, 0.3) is 0 Å². The van der Waals surface area contributed by atoms with Crippen molar-refractivity contribution < 1.29 is 19.0 Å². The Morgan fingerprint density at radius 1 is 1.12 bits per heavy atom. The van der Waals surface area contributed by atoms with Gasteiger partial charge in [0.15, 0.2) is 0 Å². The molecule has 26 heavy (non-hydrogen) atoms. The maximum Gasteiger partial charge on any atom is 0.303 e. The first-order valence-electron chi connectivity index (χ1n) is 10.0. The van der Waals surface area contributed by atoms with Crippen LogP contribution in [-0.4, -0.2) is 36.0 Å². The summed E-state index contributed by atoms with van der Waals surface area (Å²) in [6, 6.07) is 0. The summed E-state index contributed by atoms with van der Waals surface area (Å²) >= 11 is 0. The third-order valence-corrected chi connectivity index (χ3v) is 6.34. The molecular weight excluding hydrogens is 328 g/mol. The van der Waals surface area contributed by atoms with Crippen LogP contribution in [0.3, 0.4) is 0 Å². The normalized spacial score (nSPS) is 45.2. The van der Waals surface area contributed by atoms with Crippen LogP contribution in [0.4, 0.5) is 0 Å². The molecule has 5 atom stereocenters. The third kappa shape index (κ3) is 4.58. The zero-order valence-electron chi connectivity index (χ0n) is 17.0. The molecule has 0 N–H and O–H groups in total. The predicted molar refractivity (Wildman–Crippen MR) is 102 cm³/mol. The number of allylic oxidation sites excluding steroid dienone is 4. The van der Waals surface area contributed by atoms with Crippen LogP contribution in [0.5, 0.6) is 0 Å². The van der Waals surface area contributed by atoms with E-state index < -0.39 is 0 Å². The number of carbonyl (C=O) groups excluding carboxylic acids is 1. The van der Waals surface area contributed by atoms with Crippen molar-refractivity contribution in [3.05, 3.63) is 23.3 Å². The first-order valence-corrected chi connectivity index (χ1v) is 10.0. The first kappa shape index (κ1) is 19.6. The lowest BCUT2D eigenvalue weighted by molar-refractivity contribution is -0.152. The second-order valence-electron chi connectivity index (χ2n) is 8.85. The van der Waals surface area contributed by atoms with Gasteiger partial charge < -0.3 is 14.2 Å². The van der Waals surface area contributed by atoms with Gasteiger partial charge in [0.1, 0.15) is 12.2 Å². The molecule has 0 spiro atoms. The van der Waals surface area contributed by atoms with Gasteiger partial charge in [-0.1, -0.05) is 23.3 Å². The molecule has 0 radical (unpaired) electrons. The average molecular weight is 363 g/mol. The maximum absolute atomic E-state index is 11.8. The summed E-state index contributed by atoms with van der Waals surface area (Å²) in [6.45, 7) is 10.9. The highest BCUT2D eigenvalue weighted by Gasteiger charge is 2.63. The Bertz CT molecular complexity index is 601. The number of carbonyl (C=O) groups is 1. The highest BCUT2D eigenvalue weighted by atomic mass is 16.6. The molecule has 3 aliphatic rings. The number of fused-ring (bicyclic) bond motifs is 1. The van der Waals surface area contributed by atoms with Gasteiger partial charge in [-0.25, -0.2) is 0 Å². The van der Waals surface area contributed by atoms with E-state index in [-0.39, 0.29) is 35.3 Å². The van der Waals surface area contributed by atoms with Gasteiger partial charge in [-0.15, -0.1) is 0 Å². The van der Waals surface area contributed by atoms with E-state index in [2.05, 4.69) is 39.8 Å². The second kappa shape index (κ2) is 7.47. The Morgan fingerprint density at radius 2 is 1.77 bits per heavy atom. The van der Waals surface area contributed by atoms with Crippen LogP contribution in [0.1, 0.15) is 73.1 Å². The van der Waals surface area contributed by atoms with Crippen molar-refractivity contribution in [2.75, 3.05) is 6.61 Å². The summed E-state index contributed by atoms with van der Waals surface area (Å²) in [7, 11) is 0. The zero-order chi connectivity index (χ0) is 18.9. The van der Waals surface area contributed by atoms with E-state index >= 15 is 0 Å². The number of rotatable bonds is 2. The van der Waals surface area contributed by atoms with Crippen molar-refractivity contribution in [2.24, 2.45) is 5.92 Å². The molecule has 0 aromatic heterocycles. The van der Waals surface area contributed by atoms with Crippen molar-refractivity contribution in [1.82, 2.24) is 0 Å². The molecule has 1 aliphatic carbocycles. The van der Waals surface area contributed by atoms with Crippen molar-refractivity contribution in [2.45, 2.75) is 96.6 Å². The van der Waals surface area contributed by atoms with E-state index in [0.717, 1.165) is 45.1 Å². The number of ether oxygens (including phenoxy) is 3. The topological polar surface area (TPSA) is 51.4 Å². The summed E-state index contributed by atoms with van der Waals surface area (Å²) in [6.07, 6.45) is 10.6. The lowest BCUT2D eigenvalue weighted by Gasteiger charge is -2.30. The fraction of sp³-hybridized carbons (Fsp3) is 0.773. The molecule has 2 aliphatic heterocycles. The fourth-order valence-electron chi connectivity index (χ4n) is 4.30. The van der Waals surface area contributed by atoms with Gasteiger partial charge >= 0.3 is 5.97 Å². The minimum Gasteiger partial charge on any atom is -0.459 e. The van der Waals surface area contributed by atoms with E-state index in [0.29, 0.717) is 0 Å². The van der Waals surface area contributed by atoms with Crippen molar-refractivity contribution >= 4 is 5.97 Å². The van der Waals surface area contributed by atoms with E-state index in [1.54, 1.807) is 0 Å². The molecule has 4 nitrogen and oxygen atoms in total. The van der Waals surface area contributed by atoms with Gasteiger partial charge in [-0.05, 0) is 66.2 Å².